The van der Waals surface area contributed by atoms with Crippen LogP contribution in [0.2, 0.25) is 0 Å². The molecule has 0 radical (unpaired) electrons. The average molecular weight is 292 g/mol. The second-order valence-electron chi connectivity index (χ2n) is 4.59. The lowest BCUT2D eigenvalue weighted by atomic mass is 10.3. The molecule has 0 spiro atoms. The van der Waals surface area contributed by atoms with E-state index >= 15 is 0 Å². The highest BCUT2D eigenvalue weighted by atomic mass is 19.1. The summed E-state index contributed by atoms with van der Waals surface area (Å²) >= 11 is 0. The molecule has 1 heterocycles. The fraction of sp³-hybridized carbons (Fsp3) is 0.357. The highest BCUT2D eigenvalue weighted by molar-refractivity contribution is 5.75. The maximum atomic E-state index is 12.7. The number of hydrogen-bond donors (Lipinski definition) is 1. The Morgan fingerprint density at radius 1 is 1.38 bits per heavy atom. The van der Waals surface area contributed by atoms with Gasteiger partial charge in [-0.2, -0.15) is 5.10 Å². The third-order valence-electron chi connectivity index (χ3n) is 2.89. The third kappa shape index (κ3) is 4.87. The lowest BCUT2D eigenvalue weighted by Crippen LogP contribution is -2.26. The van der Waals surface area contributed by atoms with Gasteiger partial charge in [-0.1, -0.05) is 0 Å². The molecule has 0 unspecified atom stereocenters. The van der Waals surface area contributed by atoms with E-state index < -0.39 is 0 Å². The number of aromatic amines is 1. The zero-order valence-electron chi connectivity index (χ0n) is 11.8. The topological polar surface area (TPSA) is 71.1 Å². The van der Waals surface area contributed by atoms with E-state index in [1.165, 1.54) is 18.5 Å². The van der Waals surface area contributed by atoms with Crippen LogP contribution in [0.25, 0.3) is 0 Å². The quantitative estimate of drug-likeness (QED) is 0.789. The largest absolute Gasteiger partial charge is 0.494 e. The van der Waals surface area contributed by atoms with Crippen LogP contribution in [0.3, 0.4) is 0 Å². The number of nitrogens with one attached hydrogen (secondary N) is 1. The summed E-state index contributed by atoms with van der Waals surface area (Å²) in [6.07, 6.45) is 2.38. The normalized spacial score (nSPS) is 10.4. The molecule has 1 aromatic carbocycles. The first-order chi connectivity index (χ1) is 10.1. The van der Waals surface area contributed by atoms with Crippen LogP contribution in [0.1, 0.15) is 18.7 Å². The van der Waals surface area contributed by atoms with Gasteiger partial charge >= 0.3 is 0 Å². The van der Waals surface area contributed by atoms with Crippen LogP contribution in [-0.2, 0) is 11.3 Å². The van der Waals surface area contributed by atoms with Gasteiger partial charge in [0, 0.05) is 13.5 Å². The van der Waals surface area contributed by atoms with E-state index in [0.29, 0.717) is 37.6 Å². The summed E-state index contributed by atoms with van der Waals surface area (Å²) in [7, 11) is 1.71. The number of ether oxygens (including phenoxy) is 1. The monoisotopic (exact) mass is 292 g/mol. The minimum absolute atomic E-state index is 0.00843. The number of carbonyl (C=O) groups is 1. The van der Waals surface area contributed by atoms with Gasteiger partial charge in [-0.15, -0.1) is 0 Å². The molecule has 0 aliphatic rings. The fourth-order valence-electron chi connectivity index (χ4n) is 1.75. The first kappa shape index (κ1) is 15.0. The maximum Gasteiger partial charge on any atom is 0.222 e. The van der Waals surface area contributed by atoms with Crippen LogP contribution >= 0.6 is 0 Å². The average Bonchev–Trinajstić information content (AvgIpc) is 2.98. The Balaban J connectivity index is 1.65. The molecule has 0 saturated heterocycles. The van der Waals surface area contributed by atoms with Crippen molar-refractivity contribution in [2.24, 2.45) is 0 Å². The molecule has 0 bridgehead atoms. The van der Waals surface area contributed by atoms with Crippen LogP contribution in [0, 0.1) is 5.82 Å². The first-order valence-corrected chi connectivity index (χ1v) is 6.62. The molecule has 0 fully saturated rings. The summed E-state index contributed by atoms with van der Waals surface area (Å²) in [5, 5.41) is 6.43. The Bertz CT molecular complexity index is 557. The van der Waals surface area contributed by atoms with E-state index in [4.69, 9.17) is 4.74 Å². The highest BCUT2D eigenvalue weighted by Gasteiger charge is 2.10. The molecule has 0 aliphatic heterocycles. The standard InChI is InChI=1S/C14H17FN4O2/c1-19(9-13-16-10-17-18-13)14(20)3-2-8-21-12-6-4-11(15)5-7-12/h4-7,10H,2-3,8-9H2,1H3,(H,16,17,18). The number of amides is 1. The number of carbonyl (C=O) groups excluding carboxylic acids is 1. The Kier molecular flexibility index (Phi) is 5.25. The number of rotatable bonds is 7. The van der Waals surface area contributed by atoms with Gasteiger partial charge in [0.1, 0.15) is 23.7 Å². The van der Waals surface area contributed by atoms with E-state index in [1.807, 2.05) is 0 Å². The van der Waals surface area contributed by atoms with Crippen LogP contribution in [0.15, 0.2) is 30.6 Å². The molecule has 2 aromatic rings. The smallest absolute Gasteiger partial charge is 0.222 e. The first-order valence-electron chi connectivity index (χ1n) is 6.62. The second-order valence-corrected chi connectivity index (χ2v) is 4.59. The summed E-state index contributed by atoms with van der Waals surface area (Å²) in [6, 6.07) is 5.80. The second kappa shape index (κ2) is 7.37. The number of hydrogen-bond acceptors (Lipinski definition) is 4. The molecular formula is C14H17FN4O2. The van der Waals surface area contributed by atoms with Gasteiger partial charge in [-0.25, -0.2) is 9.37 Å². The van der Waals surface area contributed by atoms with Gasteiger partial charge < -0.3 is 9.64 Å². The molecule has 0 atom stereocenters. The van der Waals surface area contributed by atoms with Crippen molar-refractivity contribution in [2.45, 2.75) is 19.4 Å². The number of aromatic nitrogens is 3. The molecule has 0 aliphatic carbocycles. The van der Waals surface area contributed by atoms with Crippen LogP contribution in [-0.4, -0.2) is 39.6 Å². The van der Waals surface area contributed by atoms with Crippen molar-refractivity contribution >= 4 is 5.91 Å². The fourth-order valence-corrected chi connectivity index (χ4v) is 1.75. The van der Waals surface area contributed by atoms with Gasteiger partial charge in [0.2, 0.25) is 5.91 Å². The van der Waals surface area contributed by atoms with Crippen LogP contribution < -0.4 is 4.74 Å². The number of H-pyrrole nitrogens is 1. The summed E-state index contributed by atoms with van der Waals surface area (Å²) in [5.41, 5.74) is 0. The molecular weight excluding hydrogens is 275 g/mol. The predicted molar refractivity (Wildman–Crippen MR) is 74.0 cm³/mol. The van der Waals surface area contributed by atoms with Crippen molar-refractivity contribution in [3.63, 3.8) is 0 Å². The summed E-state index contributed by atoms with van der Waals surface area (Å²) in [6.45, 7) is 0.811. The highest BCUT2D eigenvalue weighted by Crippen LogP contribution is 2.11. The SMILES string of the molecule is CN(Cc1ncn[nH]1)C(=O)CCCOc1ccc(F)cc1. The van der Waals surface area contributed by atoms with Gasteiger partial charge in [-0.3, -0.25) is 9.89 Å². The van der Waals surface area contributed by atoms with E-state index in [9.17, 15) is 9.18 Å². The van der Waals surface area contributed by atoms with Crippen molar-refractivity contribution in [1.82, 2.24) is 20.1 Å². The predicted octanol–water partition coefficient (Wildman–Crippen LogP) is 1.76. The van der Waals surface area contributed by atoms with Crippen molar-refractivity contribution in [1.29, 1.82) is 0 Å². The van der Waals surface area contributed by atoms with Gasteiger partial charge in [-0.05, 0) is 30.7 Å². The minimum Gasteiger partial charge on any atom is -0.494 e. The Hall–Kier alpha value is -2.44. The van der Waals surface area contributed by atoms with Crippen LogP contribution in [0.5, 0.6) is 5.75 Å². The van der Waals surface area contributed by atoms with Gasteiger partial charge in [0.25, 0.3) is 0 Å². The van der Waals surface area contributed by atoms with Crippen molar-refractivity contribution in [3.8, 4) is 5.75 Å². The van der Waals surface area contributed by atoms with Crippen LogP contribution in [0.4, 0.5) is 4.39 Å². The zero-order chi connectivity index (χ0) is 15.1. The third-order valence-corrected chi connectivity index (χ3v) is 2.89. The van der Waals surface area contributed by atoms with Gasteiger partial charge in [0.15, 0.2) is 0 Å². The molecule has 6 nitrogen and oxygen atoms in total. The number of halogens is 1. The molecule has 0 saturated carbocycles. The molecule has 7 heteroatoms. The molecule has 1 aromatic heterocycles. The molecule has 21 heavy (non-hydrogen) atoms. The number of benzene rings is 1. The summed E-state index contributed by atoms with van der Waals surface area (Å²) < 4.78 is 18.1. The van der Waals surface area contributed by atoms with E-state index in [-0.39, 0.29) is 11.7 Å². The van der Waals surface area contributed by atoms with E-state index in [1.54, 1.807) is 24.1 Å². The minimum atomic E-state index is -0.299. The lowest BCUT2D eigenvalue weighted by Gasteiger charge is -2.15. The Morgan fingerprint density at radius 3 is 2.81 bits per heavy atom. The Morgan fingerprint density at radius 2 is 2.14 bits per heavy atom. The molecule has 1 N–H and O–H groups in total. The molecule has 112 valence electrons. The van der Waals surface area contributed by atoms with Crippen molar-refractivity contribution in [3.05, 3.63) is 42.2 Å². The van der Waals surface area contributed by atoms with Crippen molar-refractivity contribution in [2.75, 3.05) is 13.7 Å². The zero-order valence-corrected chi connectivity index (χ0v) is 11.8. The van der Waals surface area contributed by atoms with Crippen molar-refractivity contribution < 1.29 is 13.9 Å². The summed E-state index contributed by atoms with van der Waals surface area (Å²) in [5.74, 6) is 0.952. The lowest BCUT2D eigenvalue weighted by molar-refractivity contribution is -0.130. The van der Waals surface area contributed by atoms with E-state index in [0.717, 1.165) is 0 Å². The number of nitrogens with zero attached hydrogens (tertiary/aromatic N) is 3. The molecule has 2 rings (SSSR count). The maximum absolute atomic E-state index is 12.7. The summed E-state index contributed by atoms with van der Waals surface area (Å²) in [4.78, 5) is 17.4. The van der Waals surface area contributed by atoms with Gasteiger partial charge in [0.05, 0.1) is 13.2 Å². The Labute approximate surface area is 121 Å². The molecule has 1 amide bonds. The van der Waals surface area contributed by atoms with E-state index in [2.05, 4.69) is 15.2 Å².